The fraction of sp³-hybridized carbons (Fsp3) is 0.550. The molecule has 0 bridgehead atoms. The summed E-state index contributed by atoms with van der Waals surface area (Å²) < 4.78 is 30.0. The summed E-state index contributed by atoms with van der Waals surface area (Å²) in [6, 6.07) is 6.19. The molecule has 10 nitrogen and oxygen atoms in total. The van der Waals surface area contributed by atoms with Crippen molar-refractivity contribution in [1.29, 1.82) is 0 Å². The number of hydrogen-bond donors (Lipinski definition) is 2. The monoisotopic (exact) mass is 454 g/mol. The first-order valence-corrected chi connectivity index (χ1v) is 11.8. The van der Waals surface area contributed by atoms with E-state index in [1.54, 1.807) is 42.7 Å². The van der Waals surface area contributed by atoms with Crippen LogP contribution in [0.25, 0.3) is 0 Å². The molecule has 0 atom stereocenters. The first-order chi connectivity index (χ1) is 14.3. The van der Waals surface area contributed by atoms with E-state index in [9.17, 15) is 22.8 Å². The largest absolute Gasteiger partial charge is 0.444 e. The van der Waals surface area contributed by atoms with Crippen LogP contribution in [-0.2, 0) is 19.6 Å². The average Bonchev–Trinajstić information content (AvgIpc) is 2.90. The van der Waals surface area contributed by atoms with Crippen molar-refractivity contribution in [3.63, 3.8) is 0 Å². The summed E-state index contributed by atoms with van der Waals surface area (Å²) in [5, 5.41) is 2.46. The van der Waals surface area contributed by atoms with Crippen LogP contribution in [0.1, 0.15) is 37.6 Å². The maximum atomic E-state index is 12.8. The summed E-state index contributed by atoms with van der Waals surface area (Å²) in [5.74, 6) is -0.427. The number of amides is 3. The van der Waals surface area contributed by atoms with Gasteiger partial charge in [0.15, 0.2) is 0 Å². The van der Waals surface area contributed by atoms with Crippen molar-refractivity contribution in [2.24, 2.45) is 0 Å². The highest BCUT2D eigenvalue weighted by Gasteiger charge is 2.24. The average molecular weight is 455 g/mol. The Balaban J connectivity index is 1.88. The molecule has 11 heteroatoms. The summed E-state index contributed by atoms with van der Waals surface area (Å²) in [4.78, 5) is 40.2. The zero-order valence-electron chi connectivity index (χ0n) is 18.3. The van der Waals surface area contributed by atoms with Gasteiger partial charge in [0, 0.05) is 37.4 Å². The van der Waals surface area contributed by atoms with Crippen molar-refractivity contribution in [1.82, 2.24) is 15.1 Å². The van der Waals surface area contributed by atoms with Crippen LogP contribution in [0.5, 0.6) is 0 Å². The van der Waals surface area contributed by atoms with Gasteiger partial charge in [0.25, 0.3) is 5.91 Å². The van der Waals surface area contributed by atoms with E-state index < -0.39 is 21.7 Å². The van der Waals surface area contributed by atoms with Crippen molar-refractivity contribution in [3.8, 4) is 0 Å². The summed E-state index contributed by atoms with van der Waals surface area (Å²) >= 11 is 0. The molecule has 0 aromatic heterocycles. The summed E-state index contributed by atoms with van der Waals surface area (Å²) in [7, 11) is -3.39. The zero-order chi connectivity index (χ0) is 23.2. The van der Waals surface area contributed by atoms with E-state index in [0.29, 0.717) is 43.9 Å². The third kappa shape index (κ3) is 8.44. The molecule has 2 rings (SSSR count). The third-order valence-corrected chi connectivity index (χ3v) is 4.96. The summed E-state index contributed by atoms with van der Waals surface area (Å²) in [6.45, 7) is 6.74. The Morgan fingerprint density at radius 2 is 1.58 bits per heavy atom. The number of anilines is 1. The number of sulfonamides is 1. The van der Waals surface area contributed by atoms with Gasteiger partial charge < -0.3 is 19.9 Å². The predicted octanol–water partition coefficient (Wildman–Crippen LogP) is 1.26. The molecule has 1 fully saturated rings. The lowest BCUT2D eigenvalue weighted by Gasteiger charge is -2.23. The number of carbonyl (C=O) groups excluding carboxylic acids is 3. The Hall–Kier alpha value is -2.82. The lowest BCUT2D eigenvalue weighted by Crippen LogP contribution is -2.43. The van der Waals surface area contributed by atoms with Gasteiger partial charge in [-0.05, 0) is 51.5 Å². The SMILES string of the molecule is CC(C)(C)OC(=O)NCC(=O)N1CCCN(C(=O)c2ccc(NS(C)(=O)=O)cc2)CC1. The molecular weight excluding hydrogens is 424 g/mol. The maximum absolute atomic E-state index is 12.8. The van der Waals surface area contributed by atoms with Gasteiger partial charge in [0.05, 0.1) is 6.26 Å². The number of nitrogens with one attached hydrogen (secondary N) is 2. The van der Waals surface area contributed by atoms with E-state index in [1.165, 1.54) is 12.1 Å². The standard InChI is InChI=1S/C20H30N4O6S/c1-20(2,3)30-19(27)21-14-17(25)23-10-5-11-24(13-12-23)18(26)15-6-8-16(9-7-15)22-31(4,28)29/h6-9,22H,5,10-14H2,1-4H3,(H,21,27). The number of carbonyl (C=O) groups is 3. The van der Waals surface area contributed by atoms with Gasteiger partial charge in [-0.1, -0.05) is 0 Å². The Labute approximate surface area is 183 Å². The molecular formula is C20H30N4O6S. The van der Waals surface area contributed by atoms with Gasteiger partial charge in [-0.15, -0.1) is 0 Å². The van der Waals surface area contributed by atoms with E-state index in [-0.39, 0.29) is 18.4 Å². The number of ether oxygens (including phenoxy) is 1. The van der Waals surface area contributed by atoms with Crippen molar-refractivity contribution in [2.75, 3.05) is 43.7 Å². The van der Waals surface area contributed by atoms with E-state index in [1.807, 2.05) is 0 Å². The molecule has 1 aromatic carbocycles. The molecule has 0 spiro atoms. The molecule has 0 unspecified atom stereocenters. The Morgan fingerprint density at radius 3 is 2.16 bits per heavy atom. The number of alkyl carbamates (subject to hydrolysis) is 1. The predicted molar refractivity (Wildman–Crippen MR) is 116 cm³/mol. The van der Waals surface area contributed by atoms with Gasteiger partial charge in [-0.25, -0.2) is 13.2 Å². The van der Waals surface area contributed by atoms with Crippen LogP contribution in [0.15, 0.2) is 24.3 Å². The highest BCUT2D eigenvalue weighted by Crippen LogP contribution is 2.14. The van der Waals surface area contributed by atoms with Gasteiger partial charge in [0.1, 0.15) is 12.1 Å². The molecule has 0 saturated carbocycles. The highest BCUT2D eigenvalue weighted by atomic mass is 32.2. The molecule has 1 aliphatic heterocycles. The van der Waals surface area contributed by atoms with Crippen molar-refractivity contribution >= 4 is 33.6 Å². The normalized spacial score (nSPS) is 15.1. The minimum Gasteiger partial charge on any atom is -0.444 e. The number of nitrogens with zero attached hydrogens (tertiary/aromatic N) is 2. The minimum atomic E-state index is -3.39. The second-order valence-corrected chi connectivity index (χ2v) is 10.1. The number of rotatable bonds is 5. The second kappa shape index (κ2) is 9.99. The van der Waals surface area contributed by atoms with E-state index in [2.05, 4.69) is 10.0 Å². The Morgan fingerprint density at radius 1 is 1.00 bits per heavy atom. The second-order valence-electron chi connectivity index (χ2n) is 8.33. The van der Waals surface area contributed by atoms with Gasteiger partial charge in [-0.3, -0.25) is 14.3 Å². The first kappa shape index (κ1) is 24.4. The van der Waals surface area contributed by atoms with Gasteiger partial charge in [0.2, 0.25) is 15.9 Å². The lowest BCUT2D eigenvalue weighted by atomic mass is 10.2. The molecule has 3 amide bonds. The molecule has 1 aromatic rings. The smallest absolute Gasteiger partial charge is 0.408 e. The quantitative estimate of drug-likeness (QED) is 0.690. The fourth-order valence-electron chi connectivity index (χ4n) is 3.02. The molecule has 0 aliphatic carbocycles. The Bertz CT molecular complexity index is 909. The zero-order valence-corrected chi connectivity index (χ0v) is 19.1. The van der Waals surface area contributed by atoms with Crippen LogP contribution in [-0.4, -0.2) is 80.7 Å². The fourth-order valence-corrected chi connectivity index (χ4v) is 3.59. The molecule has 1 heterocycles. The lowest BCUT2D eigenvalue weighted by molar-refractivity contribution is -0.130. The van der Waals surface area contributed by atoms with E-state index in [0.717, 1.165) is 6.26 Å². The van der Waals surface area contributed by atoms with Crippen LogP contribution >= 0.6 is 0 Å². The number of benzene rings is 1. The van der Waals surface area contributed by atoms with Crippen LogP contribution in [0.3, 0.4) is 0 Å². The van der Waals surface area contributed by atoms with Crippen LogP contribution in [0.2, 0.25) is 0 Å². The van der Waals surface area contributed by atoms with Crippen molar-refractivity contribution < 1.29 is 27.5 Å². The van der Waals surface area contributed by atoms with Gasteiger partial charge >= 0.3 is 6.09 Å². The Kier molecular flexibility index (Phi) is 7.88. The molecule has 2 N–H and O–H groups in total. The first-order valence-electron chi connectivity index (χ1n) is 9.96. The topological polar surface area (TPSA) is 125 Å². The summed E-state index contributed by atoms with van der Waals surface area (Å²) in [5.41, 5.74) is 0.171. The van der Waals surface area contributed by atoms with Crippen molar-refractivity contribution in [3.05, 3.63) is 29.8 Å². The maximum Gasteiger partial charge on any atom is 0.408 e. The van der Waals surface area contributed by atoms with E-state index in [4.69, 9.17) is 4.74 Å². The molecule has 1 saturated heterocycles. The number of hydrogen-bond acceptors (Lipinski definition) is 6. The molecule has 31 heavy (non-hydrogen) atoms. The minimum absolute atomic E-state index is 0.169. The van der Waals surface area contributed by atoms with Crippen LogP contribution < -0.4 is 10.0 Å². The van der Waals surface area contributed by atoms with E-state index >= 15 is 0 Å². The summed E-state index contributed by atoms with van der Waals surface area (Å²) in [6.07, 6.45) is 1.01. The van der Waals surface area contributed by atoms with Gasteiger partial charge in [-0.2, -0.15) is 0 Å². The third-order valence-electron chi connectivity index (χ3n) is 4.35. The van der Waals surface area contributed by atoms with Crippen molar-refractivity contribution in [2.45, 2.75) is 32.8 Å². The van der Waals surface area contributed by atoms with Crippen LogP contribution in [0.4, 0.5) is 10.5 Å². The highest BCUT2D eigenvalue weighted by molar-refractivity contribution is 7.92. The molecule has 172 valence electrons. The molecule has 1 aliphatic rings. The van der Waals surface area contributed by atoms with Crippen LogP contribution in [0, 0.1) is 0 Å². The molecule has 0 radical (unpaired) electrons.